The summed E-state index contributed by atoms with van der Waals surface area (Å²) < 4.78 is 5.92. The first-order valence-corrected chi connectivity index (χ1v) is 6.08. The van der Waals surface area contributed by atoms with Gasteiger partial charge in [0.2, 0.25) is 0 Å². The lowest BCUT2D eigenvalue weighted by Gasteiger charge is -2.21. The van der Waals surface area contributed by atoms with E-state index < -0.39 is 0 Å². The summed E-state index contributed by atoms with van der Waals surface area (Å²) in [6.45, 7) is 2.52. The van der Waals surface area contributed by atoms with Crippen molar-refractivity contribution in [3.63, 3.8) is 0 Å². The van der Waals surface area contributed by atoms with Crippen molar-refractivity contribution >= 4 is 0 Å². The van der Waals surface area contributed by atoms with Crippen molar-refractivity contribution in [3.8, 4) is 0 Å². The molecule has 0 aliphatic rings. The first-order valence-electron chi connectivity index (χ1n) is 6.08. The van der Waals surface area contributed by atoms with Crippen LogP contribution < -0.4 is 5.73 Å². The number of nitrogens with two attached hydrogens (primary N) is 1. The van der Waals surface area contributed by atoms with Gasteiger partial charge in [-0.3, -0.25) is 4.98 Å². The minimum atomic E-state index is -0.104. The van der Waals surface area contributed by atoms with Crippen molar-refractivity contribution in [1.29, 1.82) is 0 Å². The molecular weight excluding hydrogens is 224 g/mol. The molecule has 0 bridgehead atoms. The van der Waals surface area contributed by atoms with Gasteiger partial charge in [-0.05, 0) is 30.2 Å². The second-order valence-corrected chi connectivity index (χ2v) is 4.36. The summed E-state index contributed by atoms with van der Waals surface area (Å²) in [5.41, 5.74) is 8.20. The van der Waals surface area contributed by atoms with Crippen LogP contribution in [0.2, 0.25) is 0 Å². The summed E-state index contributed by atoms with van der Waals surface area (Å²) in [4.78, 5) is 4.01. The maximum atomic E-state index is 5.99. The molecule has 18 heavy (non-hydrogen) atoms. The maximum Gasteiger partial charge on any atom is 0.0978 e. The molecule has 0 fully saturated rings. The second kappa shape index (κ2) is 6.28. The third kappa shape index (κ3) is 3.39. The number of hydrogen-bond donors (Lipinski definition) is 1. The van der Waals surface area contributed by atoms with Crippen LogP contribution in [0.4, 0.5) is 0 Å². The third-order valence-corrected chi connectivity index (χ3v) is 2.78. The average Bonchev–Trinajstić information content (AvgIpc) is 2.41. The standard InChI is InChI=1S/C15H18N2O/c1-12(16)15(14-7-9-17-10-8-14)18-11-13-5-3-2-4-6-13/h2-10,12,15H,11,16H2,1H3. The lowest BCUT2D eigenvalue weighted by atomic mass is 10.1. The van der Waals surface area contributed by atoms with Crippen molar-refractivity contribution in [2.24, 2.45) is 5.73 Å². The molecule has 0 radical (unpaired) electrons. The average molecular weight is 242 g/mol. The van der Waals surface area contributed by atoms with Crippen LogP contribution in [0, 0.1) is 0 Å². The summed E-state index contributed by atoms with van der Waals surface area (Å²) in [7, 11) is 0. The van der Waals surface area contributed by atoms with Gasteiger partial charge in [-0.25, -0.2) is 0 Å². The highest BCUT2D eigenvalue weighted by Crippen LogP contribution is 2.21. The molecule has 0 spiro atoms. The van der Waals surface area contributed by atoms with Crippen LogP contribution in [0.5, 0.6) is 0 Å². The van der Waals surface area contributed by atoms with Crippen LogP contribution in [-0.4, -0.2) is 11.0 Å². The monoisotopic (exact) mass is 242 g/mol. The van der Waals surface area contributed by atoms with Gasteiger partial charge < -0.3 is 10.5 Å². The Balaban J connectivity index is 2.04. The summed E-state index contributed by atoms with van der Waals surface area (Å²) in [5, 5.41) is 0. The summed E-state index contributed by atoms with van der Waals surface area (Å²) in [6.07, 6.45) is 3.42. The lowest BCUT2D eigenvalue weighted by molar-refractivity contribution is 0.0258. The minimum Gasteiger partial charge on any atom is -0.367 e. The van der Waals surface area contributed by atoms with Crippen LogP contribution in [0.15, 0.2) is 54.9 Å². The number of aromatic nitrogens is 1. The maximum absolute atomic E-state index is 5.99. The van der Waals surface area contributed by atoms with Crippen LogP contribution in [0.1, 0.15) is 24.2 Å². The number of rotatable bonds is 5. The predicted molar refractivity (Wildman–Crippen MR) is 71.9 cm³/mol. The van der Waals surface area contributed by atoms with Crippen molar-refractivity contribution in [2.45, 2.75) is 25.7 Å². The van der Waals surface area contributed by atoms with E-state index in [-0.39, 0.29) is 12.1 Å². The Morgan fingerprint density at radius 2 is 1.78 bits per heavy atom. The van der Waals surface area contributed by atoms with E-state index in [0.717, 1.165) is 11.1 Å². The highest BCUT2D eigenvalue weighted by molar-refractivity contribution is 5.16. The Morgan fingerprint density at radius 3 is 2.39 bits per heavy atom. The van der Waals surface area contributed by atoms with E-state index in [1.807, 2.05) is 49.4 Å². The molecule has 3 heteroatoms. The van der Waals surface area contributed by atoms with Gasteiger partial charge in [0.25, 0.3) is 0 Å². The number of nitrogens with zero attached hydrogens (tertiary/aromatic N) is 1. The molecule has 0 saturated carbocycles. The van der Waals surface area contributed by atoms with Crippen molar-refractivity contribution < 1.29 is 4.74 Å². The van der Waals surface area contributed by atoms with E-state index in [1.54, 1.807) is 12.4 Å². The molecule has 2 N–H and O–H groups in total. The van der Waals surface area contributed by atoms with Gasteiger partial charge in [0, 0.05) is 18.4 Å². The second-order valence-electron chi connectivity index (χ2n) is 4.36. The molecule has 2 aromatic rings. The zero-order chi connectivity index (χ0) is 12.8. The Kier molecular flexibility index (Phi) is 4.45. The lowest BCUT2D eigenvalue weighted by Crippen LogP contribution is -2.26. The minimum absolute atomic E-state index is 0.0592. The quantitative estimate of drug-likeness (QED) is 0.877. The van der Waals surface area contributed by atoms with Gasteiger partial charge in [-0.15, -0.1) is 0 Å². The van der Waals surface area contributed by atoms with Crippen molar-refractivity contribution in [1.82, 2.24) is 4.98 Å². The zero-order valence-electron chi connectivity index (χ0n) is 10.5. The van der Waals surface area contributed by atoms with E-state index in [0.29, 0.717) is 6.61 Å². The highest BCUT2D eigenvalue weighted by Gasteiger charge is 2.16. The van der Waals surface area contributed by atoms with Gasteiger partial charge >= 0.3 is 0 Å². The van der Waals surface area contributed by atoms with Gasteiger partial charge in [-0.2, -0.15) is 0 Å². The fourth-order valence-corrected chi connectivity index (χ4v) is 1.86. The van der Waals surface area contributed by atoms with Gasteiger partial charge in [0.05, 0.1) is 12.7 Å². The number of pyridine rings is 1. The Hall–Kier alpha value is -1.71. The largest absolute Gasteiger partial charge is 0.367 e. The molecule has 2 atom stereocenters. The molecule has 1 aromatic heterocycles. The smallest absolute Gasteiger partial charge is 0.0978 e. The predicted octanol–water partition coefficient (Wildman–Crippen LogP) is 2.69. The van der Waals surface area contributed by atoms with Gasteiger partial charge in [-0.1, -0.05) is 30.3 Å². The van der Waals surface area contributed by atoms with Crippen LogP contribution in [0.3, 0.4) is 0 Å². The summed E-state index contributed by atoms with van der Waals surface area (Å²) in [5.74, 6) is 0. The van der Waals surface area contributed by atoms with E-state index >= 15 is 0 Å². The van der Waals surface area contributed by atoms with Crippen molar-refractivity contribution in [2.75, 3.05) is 0 Å². The first-order chi connectivity index (χ1) is 8.77. The van der Waals surface area contributed by atoms with E-state index in [9.17, 15) is 0 Å². The first kappa shape index (κ1) is 12.7. The molecule has 0 saturated heterocycles. The summed E-state index contributed by atoms with van der Waals surface area (Å²) in [6, 6.07) is 13.9. The van der Waals surface area contributed by atoms with Crippen LogP contribution >= 0.6 is 0 Å². The highest BCUT2D eigenvalue weighted by atomic mass is 16.5. The third-order valence-electron chi connectivity index (χ3n) is 2.78. The van der Waals surface area contributed by atoms with E-state index in [2.05, 4.69) is 4.98 Å². The fourth-order valence-electron chi connectivity index (χ4n) is 1.86. The van der Waals surface area contributed by atoms with Crippen LogP contribution in [0.25, 0.3) is 0 Å². The van der Waals surface area contributed by atoms with E-state index in [1.165, 1.54) is 0 Å². The molecule has 2 rings (SSSR count). The number of hydrogen-bond acceptors (Lipinski definition) is 3. The number of ether oxygens (including phenoxy) is 1. The van der Waals surface area contributed by atoms with Gasteiger partial charge in [0.1, 0.15) is 0 Å². The van der Waals surface area contributed by atoms with Crippen LogP contribution in [-0.2, 0) is 11.3 Å². The molecule has 3 nitrogen and oxygen atoms in total. The van der Waals surface area contributed by atoms with Crippen molar-refractivity contribution in [3.05, 3.63) is 66.0 Å². The zero-order valence-corrected chi connectivity index (χ0v) is 10.5. The normalized spacial score (nSPS) is 14.1. The molecule has 0 aliphatic heterocycles. The molecule has 2 unspecified atom stereocenters. The SMILES string of the molecule is CC(N)C(OCc1ccccc1)c1ccncc1. The Morgan fingerprint density at radius 1 is 1.11 bits per heavy atom. The molecular formula is C15H18N2O. The molecule has 0 aliphatic carbocycles. The van der Waals surface area contributed by atoms with E-state index in [4.69, 9.17) is 10.5 Å². The Labute approximate surface area is 108 Å². The number of benzene rings is 1. The topological polar surface area (TPSA) is 48.1 Å². The van der Waals surface area contributed by atoms with Gasteiger partial charge in [0.15, 0.2) is 0 Å². The molecule has 94 valence electrons. The molecule has 1 heterocycles. The summed E-state index contributed by atoms with van der Waals surface area (Å²) >= 11 is 0. The molecule has 1 aromatic carbocycles. The molecule has 0 amide bonds. The fraction of sp³-hybridized carbons (Fsp3) is 0.267. The Bertz CT molecular complexity index is 456.